The summed E-state index contributed by atoms with van der Waals surface area (Å²) in [6.07, 6.45) is 1.13. The quantitative estimate of drug-likeness (QED) is 0.393. The third-order valence-electron chi connectivity index (χ3n) is 3.03. The maximum Gasteiger partial charge on any atom is 0.288 e. The molecule has 0 fully saturated rings. The molecule has 0 aliphatic rings. The normalized spacial score (nSPS) is 11.5. The summed E-state index contributed by atoms with van der Waals surface area (Å²) >= 11 is 4.62. The van der Waals surface area contributed by atoms with Gasteiger partial charge in [0.05, 0.1) is 14.3 Å². The lowest BCUT2D eigenvalue weighted by atomic mass is 10.4. The van der Waals surface area contributed by atoms with Crippen LogP contribution in [0, 0.1) is 24.0 Å². The molecule has 2 aromatic rings. The van der Waals surface area contributed by atoms with E-state index in [4.69, 9.17) is 0 Å². The van der Waals surface area contributed by atoms with E-state index in [0.29, 0.717) is 15.2 Å². The van der Waals surface area contributed by atoms with Gasteiger partial charge in [-0.2, -0.15) is 0 Å². The number of aryl methyl sites for hydroxylation is 2. The van der Waals surface area contributed by atoms with Crippen molar-refractivity contribution in [1.29, 1.82) is 0 Å². The Morgan fingerprint density at radius 2 is 2.04 bits per heavy atom. The molecule has 2 N–H and O–H groups in total. The highest BCUT2D eigenvalue weighted by Crippen LogP contribution is 2.25. The first-order valence-electron chi connectivity index (χ1n) is 6.81. The Bertz CT molecular complexity index is 867. The van der Waals surface area contributed by atoms with Crippen LogP contribution < -0.4 is 10.0 Å². The number of nitro groups is 1. The lowest BCUT2D eigenvalue weighted by Crippen LogP contribution is -2.29. The number of hydrogen-bond donors (Lipinski definition) is 2. The predicted octanol–water partition coefficient (Wildman–Crippen LogP) is 2.82. The van der Waals surface area contributed by atoms with Crippen LogP contribution in [0.15, 0.2) is 27.7 Å². The van der Waals surface area contributed by atoms with Gasteiger partial charge in [0.1, 0.15) is 12.0 Å². The van der Waals surface area contributed by atoms with Gasteiger partial charge in [-0.25, -0.2) is 18.1 Å². The van der Waals surface area contributed by atoms with Crippen molar-refractivity contribution in [3.8, 4) is 0 Å². The van der Waals surface area contributed by atoms with Gasteiger partial charge in [-0.1, -0.05) is 0 Å². The second-order valence-corrected chi connectivity index (χ2v) is 8.93. The van der Waals surface area contributed by atoms with Crippen molar-refractivity contribution in [3.63, 3.8) is 0 Å². The summed E-state index contributed by atoms with van der Waals surface area (Å²) in [5.74, 6) is 0.405. The lowest BCUT2D eigenvalue weighted by molar-refractivity contribution is -0.385. The molecule has 0 spiro atoms. The zero-order valence-electron chi connectivity index (χ0n) is 12.9. The fourth-order valence-corrected chi connectivity index (χ4v) is 5.04. The standard InChI is InChI=1S/C13H15BrN4O4S2/c1-8-5-12(9(2)23-8)24(21,22)17-4-3-15-13-11(14)6-10(7-16-13)18(19)20/h5-7,17H,3-4H2,1-2H3,(H,15,16). The molecule has 0 bridgehead atoms. The Kier molecular flexibility index (Phi) is 5.91. The fraction of sp³-hybridized carbons (Fsp3) is 0.308. The van der Waals surface area contributed by atoms with Crippen LogP contribution in [0.25, 0.3) is 0 Å². The SMILES string of the molecule is Cc1cc(S(=O)(=O)NCCNc2ncc([N+](=O)[O-])cc2Br)c(C)s1. The molecule has 24 heavy (non-hydrogen) atoms. The van der Waals surface area contributed by atoms with E-state index in [0.717, 1.165) is 16.0 Å². The van der Waals surface area contributed by atoms with Crippen LogP contribution in [-0.4, -0.2) is 31.4 Å². The summed E-state index contributed by atoms with van der Waals surface area (Å²) in [5.41, 5.74) is -0.128. The van der Waals surface area contributed by atoms with E-state index in [-0.39, 0.29) is 18.8 Å². The minimum atomic E-state index is -3.55. The van der Waals surface area contributed by atoms with Crippen molar-refractivity contribution in [2.75, 3.05) is 18.4 Å². The number of rotatable bonds is 7. The van der Waals surface area contributed by atoms with Gasteiger partial charge >= 0.3 is 0 Å². The van der Waals surface area contributed by atoms with Crippen molar-refractivity contribution in [2.24, 2.45) is 0 Å². The Morgan fingerprint density at radius 1 is 1.33 bits per heavy atom. The maximum atomic E-state index is 12.2. The average molecular weight is 435 g/mol. The summed E-state index contributed by atoms with van der Waals surface area (Å²) in [6.45, 7) is 4.06. The van der Waals surface area contributed by atoms with Crippen LogP contribution in [-0.2, 0) is 10.0 Å². The maximum absolute atomic E-state index is 12.2. The summed E-state index contributed by atoms with van der Waals surface area (Å²) in [7, 11) is -3.55. The lowest BCUT2D eigenvalue weighted by Gasteiger charge is -2.09. The van der Waals surface area contributed by atoms with Crippen LogP contribution in [0.2, 0.25) is 0 Å². The molecule has 2 aromatic heterocycles. The van der Waals surface area contributed by atoms with E-state index >= 15 is 0 Å². The Balaban J connectivity index is 1.93. The third-order valence-corrected chi connectivity index (χ3v) is 6.32. The summed E-state index contributed by atoms with van der Waals surface area (Å²) in [6, 6.07) is 2.97. The molecule has 130 valence electrons. The predicted molar refractivity (Wildman–Crippen MR) is 96.1 cm³/mol. The minimum Gasteiger partial charge on any atom is -0.368 e. The molecule has 0 saturated carbocycles. The van der Waals surface area contributed by atoms with Gasteiger partial charge in [-0.05, 0) is 35.8 Å². The molecule has 0 aliphatic heterocycles. The third kappa shape index (κ3) is 4.50. The molecule has 0 aliphatic carbocycles. The van der Waals surface area contributed by atoms with E-state index in [1.807, 2.05) is 6.92 Å². The second kappa shape index (κ2) is 7.55. The number of halogens is 1. The first kappa shape index (κ1) is 18.8. The Hall–Kier alpha value is -1.56. The number of thiophene rings is 1. The molecule has 0 unspecified atom stereocenters. The van der Waals surface area contributed by atoms with Gasteiger partial charge in [-0.3, -0.25) is 10.1 Å². The van der Waals surface area contributed by atoms with Crippen molar-refractivity contribution in [1.82, 2.24) is 9.71 Å². The van der Waals surface area contributed by atoms with E-state index < -0.39 is 14.9 Å². The highest BCUT2D eigenvalue weighted by atomic mass is 79.9. The van der Waals surface area contributed by atoms with Crippen LogP contribution in [0.5, 0.6) is 0 Å². The minimum absolute atomic E-state index is 0.128. The number of anilines is 1. The van der Waals surface area contributed by atoms with Gasteiger partial charge in [0.25, 0.3) is 5.69 Å². The average Bonchev–Trinajstić information content (AvgIpc) is 2.84. The zero-order valence-corrected chi connectivity index (χ0v) is 16.1. The van der Waals surface area contributed by atoms with E-state index in [9.17, 15) is 18.5 Å². The second-order valence-electron chi connectivity index (χ2n) is 4.88. The zero-order chi connectivity index (χ0) is 17.9. The molecule has 11 heteroatoms. The molecule has 0 aromatic carbocycles. The Morgan fingerprint density at radius 3 is 2.58 bits per heavy atom. The molecule has 2 heterocycles. The van der Waals surface area contributed by atoms with E-state index in [2.05, 4.69) is 31.0 Å². The van der Waals surface area contributed by atoms with Crippen LogP contribution >= 0.6 is 27.3 Å². The van der Waals surface area contributed by atoms with Gasteiger partial charge in [0.15, 0.2) is 0 Å². The smallest absolute Gasteiger partial charge is 0.288 e. The van der Waals surface area contributed by atoms with Gasteiger partial charge in [-0.15, -0.1) is 11.3 Å². The molecule has 0 saturated heterocycles. The summed E-state index contributed by atoms with van der Waals surface area (Å²) in [4.78, 5) is 16.0. The number of nitrogens with one attached hydrogen (secondary N) is 2. The number of nitrogens with zero attached hydrogens (tertiary/aromatic N) is 2. The number of hydrogen-bond acceptors (Lipinski definition) is 7. The molecule has 0 radical (unpaired) electrons. The first-order valence-corrected chi connectivity index (χ1v) is 9.90. The molecule has 0 atom stereocenters. The number of sulfonamides is 1. The van der Waals surface area contributed by atoms with Crippen LogP contribution in [0.3, 0.4) is 0 Å². The molecule has 8 nitrogen and oxygen atoms in total. The molecular weight excluding hydrogens is 420 g/mol. The molecular formula is C13H15BrN4O4S2. The van der Waals surface area contributed by atoms with Crippen LogP contribution in [0.4, 0.5) is 11.5 Å². The number of pyridine rings is 1. The van der Waals surface area contributed by atoms with Crippen molar-refractivity contribution >= 4 is 48.8 Å². The van der Waals surface area contributed by atoms with Crippen molar-refractivity contribution < 1.29 is 13.3 Å². The molecule has 2 rings (SSSR count). The highest BCUT2D eigenvalue weighted by molar-refractivity contribution is 9.10. The topological polar surface area (TPSA) is 114 Å². The van der Waals surface area contributed by atoms with Gasteiger partial charge < -0.3 is 5.32 Å². The Labute approximate surface area is 151 Å². The largest absolute Gasteiger partial charge is 0.368 e. The highest BCUT2D eigenvalue weighted by Gasteiger charge is 2.18. The summed E-state index contributed by atoms with van der Waals surface area (Å²) < 4.78 is 27.4. The summed E-state index contributed by atoms with van der Waals surface area (Å²) in [5, 5.41) is 13.6. The van der Waals surface area contributed by atoms with Crippen molar-refractivity contribution in [2.45, 2.75) is 18.7 Å². The monoisotopic (exact) mass is 434 g/mol. The van der Waals surface area contributed by atoms with Crippen molar-refractivity contribution in [3.05, 3.63) is 42.7 Å². The fourth-order valence-electron chi connectivity index (χ4n) is 1.98. The van der Waals surface area contributed by atoms with Crippen LogP contribution in [0.1, 0.15) is 9.75 Å². The first-order chi connectivity index (χ1) is 11.2. The number of aromatic nitrogens is 1. The van der Waals surface area contributed by atoms with E-state index in [1.165, 1.54) is 17.4 Å². The van der Waals surface area contributed by atoms with Gasteiger partial charge in [0.2, 0.25) is 10.0 Å². The van der Waals surface area contributed by atoms with Gasteiger partial charge in [0, 0.05) is 28.9 Å². The van der Waals surface area contributed by atoms with E-state index in [1.54, 1.807) is 13.0 Å². The molecule has 0 amide bonds.